The first kappa shape index (κ1) is 19.7. The number of ether oxygens (including phenoxy) is 2. The van der Waals surface area contributed by atoms with E-state index in [1.54, 1.807) is 12.3 Å². The summed E-state index contributed by atoms with van der Waals surface area (Å²) in [7, 11) is 0. The van der Waals surface area contributed by atoms with Crippen LogP contribution < -0.4 is 10.1 Å². The summed E-state index contributed by atoms with van der Waals surface area (Å²) in [6.45, 7) is 5.59. The number of amides is 2. The Balaban J connectivity index is 1.21. The van der Waals surface area contributed by atoms with Gasteiger partial charge in [-0.25, -0.2) is 9.78 Å². The molecule has 0 spiro atoms. The SMILES string of the molecule is O=C(Nc1ccc(OCCc2ccccc2)nc1)N1CCC(N2CCOCC2)C1. The van der Waals surface area contributed by atoms with Crippen LogP contribution in [-0.2, 0) is 11.2 Å². The van der Waals surface area contributed by atoms with Crippen molar-refractivity contribution in [3.8, 4) is 5.88 Å². The van der Waals surface area contributed by atoms with Crippen LogP contribution in [0.5, 0.6) is 5.88 Å². The third kappa shape index (κ3) is 5.46. The zero-order chi connectivity index (χ0) is 19.9. The molecule has 0 radical (unpaired) electrons. The van der Waals surface area contributed by atoms with Gasteiger partial charge in [0.05, 0.1) is 31.7 Å². The van der Waals surface area contributed by atoms with E-state index >= 15 is 0 Å². The van der Waals surface area contributed by atoms with Gasteiger partial charge in [-0.05, 0) is 18.1 Å². The van der Waals surface area contributed by atoms with Crippen LogP contribution in [0.3, 0.4) is 0 Å². The fraction of sp³-hybridized carbons (Fsp3) is 0.455. The van der Waals surface area contributed by atoms with Gasteiger partial charge in [0.15, 0.2) is 0 Å². The maximum Gasteiger partial charge on any atom is 0.321 e. The fourth-order valence-corrected chi connectivity index (χ4v) is 3.83. The molecule has 1 unspecified atom stereocenters. The lowest BCUT2D eigenvalue weighted by Crippen LogP contribution is -2.45. The van der Waals surface area contributed by atoms with E-state index in [1.165, 1.54) is 5.56 Å². The molecule has 2 amide bonds. The molecule has 0 aliphatic carbocycles. The first-order valence-corrected chi connectivity index (χ1v) is 10.3. The number of pyridine rings is 1. The number of benzene rings is 1. The molecule has 154 valence electrons. The van der Waals surface area contributed by atoms with Gasteiger partial charge in [-0.2, -0.15) is 0 Å². The number of hydrogen-bond acceptors (Lipinski definition) is 5. The minimum Gasteiger partial charge on any atom is -0.477 e. The molecule has 0 saturated carbocycles. The van der Waals surface area contributed by atoms with Crippen LogP contribution in [0.4, 0.5) is 10.5 Å². The summed E-state index contributed by atoms with van der Waals surface area (Å²) in [5, 5.41) is 2.94. The van der Waals surface area contributed by atoms with Gasteiger partial charge >= 0.3 is 6.03 Å². The van der Waals surface area contributed by atoms with Crippen LogP contribution in [-0.4, -0.2) is 72.9 Å². The molecular formula is C22H28N4O3. The molecule has 1 aromatic heterocycles. The number of rotatable bonds is 6. The lowest BCUT2D eigenvalue weighted by atomic mass is 10.2. The second kappa shape index (κ2) is 9.71. The maximum absolute atomic E-state index is 12.6. The number of anilines is 1. The predicted molar refractivity (Wildman–Crippen MR) is 111 cm³/mol. The number of nitrogens with zero attached hydrogens (tertiary/aromatic N) is 3. The van der Waals surface area contributed by atoms with E-state index in [0.29, 0.717) is 24.2 Å². The highest BCUT2D eigenvalue weighted by atomic mass is 16.5. The number of urea groups is 1. The Morgan fingerprint density at radius 1 is 1.14 bits per heavy atom. The predicted octanol–water partition coefficient (Wildman–Crippen LogP) is 2.64. The highest BCUT2D eigenvalue weighted by molar-refractivity contribution is 5.89. The third-order valence-corrected chi connectivity index (χ3v) is 5.48. The second-order valence-electron chi connectivity index (χ2n) is 7.44. The highest BCUT2D eigenvalue weighted by Gasteiger charge is 2.31. The first-order chi connectivity index (χ1) is 14.3. The van der Waals surface area contributed by atoms with Crippen LogP contribution in [0.1, 0.15) is 12.0 Å². The Labute approximate surface area is 171 Å². The number of morpholine rings is 1. The molecule has 4 rings (SSSR count). The van der Waals surface area contributed by atoms with Crippen molar-refractivity contribution in [2.75, 3.05) is 51.3 Å². The van der Waals surface area contributed by atoms with Gasteiger partial charge in [0, 0.05) is 44.7 Å². The van der Waals surface area contributed by atoms with Gasteiger partial charge in [0.25, 0.3) is 0 Å². The van der Waals surface area contributed by atoms with E-state index in [9.17, 15) is 4.79 Å². The van der Waals surface area contributed by atoms with E-state index in [0.717, 1.165) is 52.2 Å². The molecule has 2 aliphatic heterocycles. The lowest BCUT2D eigenvalue weighted by Gasteiger charge is -2.32. The summed E-state index contributed by atoms with van der Waals surface area (Å²) >= 11 is 0. The first-order valence-electron chi connectivity index (χ1n) is 10.3. The van der Waals surface area contributed by atoms with Crippen molar-refractivity contribution in [3.05, 3.63) is 54.2 Å². The van der Waals surface area contributed by atoms with E-state index in [1.807, 2.05) is 29.2 Å². The lowest BCUT2D eigenvalue weighted by molar-refractivity contribution is 0.0192. The minimum absolute atomic E-state index is 0.0692. The van der Waals surface area contributed by atoms with Crippen molar-refractivity contribution in [1.82, 2.24) is 14.8 Å². The van der Waals surface area contributed by atoms with Crippen LogP contribution in [0.15, 0.2) is 48.7 Å². The Bertz CT molecular complexity index is 778. The summed E-state index contributed by atoms with van der Waals surface area (Å²) in [5.74, 6) is 0.562. The van der Waals surface area contributed by atoms with E-state index in [2.05, 4.69) is 27.3 Å². The molecule has 1 atom stereocenters. The van der Waals surface area contributed by atoms with Crippen LogP contribution in [0.2, 0.25) is 0 Å². The van der Waals surface area contributed by atoms with Gasteiger partial charge in [0.2, 0.25) is 5.88 Å². The van der Waals surface area contributed by atoms with E-state index in [4.69, 9.17) is 9.47 Å². The summed E-state index contributed by atoms with van der Waals surface area (Å²) in [6, 6.07) is 14.2. The van der Waals surface area contributed by atoms with Gasteiger partial charge < -0.3 is 19.7 Å². The molecule has 1 aromatic carbocycles. The Hall–Kier alpha value is -2.64. The van der Waals surface area contributed by atoms with Crippen LogP contribution >= 0.6 is 0 Å². The van der Waals surface area contributed by atoms with Crippen LogP contribution in [0, 0.1) is 0 Å². The van der Waals surface area contributed by atoms with Gasteiger partial charge in [-0.3, -0.25) is 4.90 Å². The van der Waals surface area contributed by atoms with Gasteiger partial charge in [-0.1, -0.05) is 30.3 Å². The van der Waals surface area contributed by atoms with Gasteiger partial charge in [-0.15, -0.1) is 0 Å². The maximum atomic E-state index is 12.6. The summed E-state index contributed by atoms with van der Waals surface area (Å²) in [4.78, 5) is 21.2. The molecule has 2 aliphatic rings. The largest absolute Gasteiger partial charge is 0.477 e. The molecule has 3 heterocycles. The average molecular weight is 396 g/mol. The summed E-state index contributed by atoms with van der Waals surface area (Å²) < 4.78 is 11.1. The molecule has 2 saturated heterocycles. The second-order valence-corrected chi connectivity index (χ2v) is 7.44. The van der Waals surface area contributed by atoms with E-state index in [-0.39, 0.29) is 6.03 Å². The van der Waals surface area contributed by atoms with Crippen molar-refractivity contribution in [2.45, 2.75) is 18.9 Å². The number of nitrogens with one attached hydrogen (secondary N) is 1. The average Bonchev–Trinajstić information content (AvgIpc) is 3.27. The third-order valence-electron chi connectivity index (χ3n) is 5.48. The van der Waals surface area contributed by atoms with Crippen molar-refractivity contribution in [2.24, 2.45) is 0 Å². The Kier molecular flexibility index (Phi) is 6.59. The quantitative estimate of drug-likeness (QED) is 0.813. The number of carbonyl (C=O) groups is 1. The minimum atomic E-state index is -0.0692. The number of likely N-dealkylation sites (tertiary alicyclic amines) is 1. The zero-order valence-electron chi connectivity index (χ0n) is 16.6. The summed E-state index contributed by atoms with van der Waals surface area (Å²) in [6.07, 6.45) is 3.49. The zero-order valence-corrected chi connectivity index (χ0v) is 16.6. The molecule has 2 aromatic rings. The van der Waals surface area contributed by atoms with Crippen molar-refractivity contribution in [3.63, 3.8) is 0 Å². The van der Waals surface area contributed by atoms with Crippen LogP contribution in [0.25, 0.3) is 0 Å². The molecule has 7 heteroatoms. The number of aromatic nitrogens is 1. The molecular weight excluding hydrogens is 368 g/mol. The highest BCUT2D eigenvalue weighted by Crippen LogP contribution is 2.19. The topological polar surface area (TPSA) is 66.9 Å². The van der Waals surface area contributed by atoms with Gasteiger partial charge in [0.1, 0.15) is 0 Å². The monoisotopic (exact) mass is 396 g/mol. The van der Waals surface area contributed by atoms with Crippen molar-refractivity contribution < 1.29 is 14.3 Å². The smallest absolute Gasteiger partial charge is 0.321 e. The summed E-state index contributed by atoms with van der Waals surface area (Å²) in [5.41, 5.74) is 1.91. The molecule has 2 fully saturated rings. The van der Waals surface area contributed by atoms with Crippen molar-refractivity contribution >= 4 is 11.7 Å². The molecule has 29 heavy (non-hydrogen) atoms. The van der Waals surface area contributed by atoms with Crippen molar-refractivity contribution in [1.29, 1.82) is 0 Å². The normalized spacial score (nSPS) is 19.9. The Morgan fingerprint density at radius 2 is 1.97 bits per heavy atom. The number of carbonyl (C=O) groups excluding carboxylic acids is 1. The Morgan fingerprint density at radius 3 is 2.72 bits per heavy atom. The number of hydrogen-bond donors (Lipinski definition) is 1. The standard InChI is InChI=1S/C22H28N4O3/c27-22(26-10-8-20(17-26)25-11-14-28-15-12-25)24-19-6-7-21(23-16-19)29-13-9-18-4-2-1-3-5-18/h1-7,16,20H,8-15,17H2,(H,24,27). The molecule has 0 bridgehead atoms. The molecule has 7 nitrogen and oxygen atoms in total. The fourth-order valence-electron chi connectivity index (χ4n) is 3.83. The van der Waals surface area contributed by atoms with E-state index < -0.39 is 0 Å². The molecule has 1 N–H and O–H groups in total.